The summed E-state index contributed by atoms with van der Waals surface area (Å²) in [6, 6.07) is 7.81. The van der Waals surface area contributed by atoms with Crippen LogP contribution in [0.15, 0.2) is 24.3 Å². The number of amides is 1. The molecule has 1 aliphatic rings. The van der Waals surface area contributed by atoms with Crippen LogP contribution in [0.3, 0.4) is 0 Å². The Morgan fingerprint density at radius 3 is 2.82 bits per heavy atom. The molecule has 1 saturated heterocycles. The average Bonchev–Trinajstić information content (AvgIpc) is 2.52. The minimum absolute atomic E-state index is 0.121. The van der Waals surface area contributed by atoms with Crippen molar-refractivity contribution in [3.8, 4) is 0 Å². The number of aliphatic carboxylic acids is 1. The Labute approximate surface area is 139 Å². The van der Waals surface area contributed by atoms with E-state index in [4.69, 9.17) is 5.11 Å². The first-order valence-electron chi connectivity index (χ1n) is 7.42. The third-order valence-electron chi connectivity index (χ3n) is 3.52. The number of carbonyl (C=O) groups excluding carboxylic acids is 1. The summed E-state index contributed by atoms with van der Waals surface area (Å²) in [6.07, 6.45) is 2.10. The number of nitrogens with one attached hydrogen (secondary N) is 1. The number of hydrogen-bond donors (Lipinski definition) is 2. The van der Waals surface area contributed by atoms with E-state index in [9.17, 15) is 9.59 Å². The number of carboxylic acids is 1. The minimum Gasteiger partial charge on any atom is -0.481 e. The zero-order chi connectivity index (χ0) is 15.8. The van der Waals surface area contributed by atoms with Crippen LogP contribution in [-0.2, 0) is 15.3 Å². The highest BCUT2D eigenvalue weighted by Crippen LogP contribution is 2.24. The van der Waals surface area contributed by atoms with E-state index in [1.165, 1.54) is 0 Å². The molecule has 22 heavy (non-hydrogen) atoms. The van der Waals surface area contributed by atoms with Gasteiger partial charge in [-0.25, -0.2) is 0 Å². The summed E-state index contributed by atoms with van der Waals surface area (Å²) in [5, 5.41) is 11.6. The second-order valence-corrected chi connectivity index (χ2v) is 7.60. The molecule has 1 amide bonds. The Morgan fingerprint density at radius 2 is 2.09 bits per heavy atom. The van der Waals surface area contributed by atoms with Gasteiger partial charge in [0.2, 0.25) is 5.91 Å². The monoisotopic (exact) mass is 339 g/mol. The molecule has 0 bridgehead atoms. The van der Waals surface area contributed by atoms with Crippen LogP contribution in [0.4, 0.5) is 5.69 Å². The van der Waals surface area contributed by atoms with Gasteiger partial charge >= 0.3 is 5.97 Å². The van der Waals surface area contributed by atoms with Crippen LogP contribution < -0.4 is 5.32 Å². The first-order chi connectivity index (χ1) is 10.6. The number of carboxylic acid groups (broad SMARTS) is 1. The zero-order valence-electron chi connectivity index (χ0n) is 12.4. The Morgan fingerprint density at radius 1 is 1.32 bits per heavy atom. The summed E-state index contributed by atoms with van der Waals surface area (Å²) in [5.41, 5.74) is 1.94. The molecule has 1 heterocycles. The van der Waals surface area contributed by atoms with Crippen molar-refractivity contribution in [1.82, 2.24) is 0 Å². The number of hydrogen-bond acceptors (Lipinski definition) is 4. The fourth-order valence-electron chi connectivity index (χ4n) is 2.29. The number of carbonyl (C=O) groups is 2. The molecular formula is C16H21NO3S2. The van der Waals surface area contributed by atoms with Gasteiger partial charge in [0.05, 0.1) is 6.42 Å². The lowest BCUT2D eigenvalue weighted by Gasteiger charge is -2.20. The maximum Gasteiger partial charge on any atom is 0.304 e. The van der Waals surface area contributed by atoms with Gasteiger partial charge in [-0.05, 0) is 42.0 Å². The highest BCUT2D eigenvalue weighted by atomic mass is 32.2. The normalized spacial score (nSPS) is 15.5. The lowest BCUT2D eigenvalue weighted by molar-refractivity contribution is -0.136. The van der Waals surface area contributed by atoms with E-state index >= 15 is 0 Å². The number of anilines is 1. The van der Waals surface area contributed by atoms with Crippen LogP contribution in [0.5, 0.6) is 0 Å². The van der Waals surface area contributed by atoms with Crippen molar-refractivity contribution in [2.24, 2.45) is 5.92 Å². The molecule has 1 fully saturated rings. The van der Waals surface area contributed by atoms with Crippen LogP contribution in [0, 0.1) is 5.92 Å². The summed E-state index contributed by atoms with van der Waals surface area (Å²) < 4.78 is 0. The zero-order valence-corrected chi connectivity index (χ0v) is 14.0. The Kier molecular flexibility index (Phi) is 7.12. The molecule has 1 aromatic rings. The topological polar surface area (TPSA) is 66.4 Å². The highest BCUT2D eigenvalue weighted by molar-refractivity contribution is 7.99. The average molecular weight is 339 g/mol. The molecule has 0 aliphatic carbocycles. The molecule has 6 heteroatoms. The van der Waals surface area contributed by atoms with Crippen LogP contribution in [0.2, 0.25) is 0 Å². The predicted octanol–water partition coefficient (Wildman–Crippen LogP) is 3.48. The Hall–Kier alpha value is -1.14. The van der Waals surface area contributed by atoms with Crippen LogP contribution in [-0.4, -0.2) is 34.2 Å². The summed E-state index contributed by atoms with van der Waals surface area (Å²) >= 11 is 3.51. The fourth-order valence-corrected chi connectivity index (χ4v) is 4.28. The molecule has 0 spiro atoms. The lowest BCUT2D eigenvalue weighted by atomic mass is 10.0. The molecule has 4 nitrogen and oxygen atoms in total. The predicted molar refractivity (Wildman–Crippen MR) is 93.5 cm³/mol. The smallest absolute Gasteiger partial charge is 0.304 e. The number of thioether (sulfide) groups is 2. The third kappa shape index (κ3) is 5.93. The maximum atomic E-state index is 12.2. The van der Waals surface area contributed by atoms with Crippen LogP contribution in [0.1, 0.15) is 24.8 Å². The maximum absolute atomic E-state index is 12.2. The molecular weight excluding hydrogens is 318 g/mol. The molecule has 0 atom stereocenters. The molecule has 0 unspecified atom stereocenters. The molecule has 2 rings (SSSR count). The van der Waals surface area contributed by atoms with Gasteiger partial charge in [0.15, 0.2) is 0 Å². The van der Waals surface area contributed by atoms with Gasteiger partial charge < -0.3 is 10.4 Å². The molecule has 0 aromatic heterocycles. The van der Waals surface area contributed by atoms with Crippen molar-refractivity contribution in [3.63, 3.8) is 0 Å². The van der Waals surface area contributed by atoms with Gasteiger partial charge in [-0.15, -0.1) is 0 Å². The summed E-state index contributed by atoms with van der Waals surface area (Å²) in [6.45, 7) is 0. The largest absolute Gasteiger partial charge is 0.481 e. The van der Waals surface area contributed by atoms with Crippen molar-refractivity contribution in [3.05, 3.63) is 29.8 Å². The van der Waals surface area contributed by atoms with Crippen molar-refractivity contribution >= 4 is 41.1 Å². The van der Waals surface area contributed by atoms with Gasteiger partial charge in [0.1, 0.15) is 0 Å². The third-order valence-corrected chi connectivity index (χ3v) is 5.59. The number of rotatable bonds is 7. The van der Waals surface area contributed by atoms with E-state index in [0.29, 0.717) is 5.75 Å². The standard InChI is InChI=1S/C16H21NO3S2/c18-15(19)6-9-22-11-12-2-1-3-14(10-12)17-16(20)13-4-7-21-8-5-13/h1-3,10,13H,4-9,11H2,(H,17,20)(H,18,19). The Balaban J connectivity index is 1.82. The van der Waals surface area contributed by atoms with E-state index in [0.717, 1.165) is 41.4 Å². The molecule has 0 saturated carbocycles. The highest BCUT2D eigenvalue weighted by Gasteiger charge is 2.21. The first kappa shape index (κ1) is 17.2. The van der Waals surface area contributed by atoms with Crippen molar-refractivity contribution in [2.75, 3.05) is 22.6 Å². The molecule has 1 aromatic carbocycles. The van der Waals surface area contributed by atoms with Crippen molar-refractivity contribution < 1.29 is 14.7 Å². The van der Waals surface area contributed by atoms with Gasteiger partial charge in [-0.3, -0.25) is 9.59 Å². The fraction of sp³-hybridized carbons (Fsp3) is 0.500. The lowest BCUT2D eigenvalue weighted by Crippen LogP contribution is -2.26. The molecule has 120 valence electrons. The molecule has 1 aliphatic heterocycles. The Bertz CT molecular complexity index is 516. The first-order valence-corrected chi connectivity index (χ1v) is 9.73. The van der Waals surface area contributed by atoms with Gasteiger partial charge in [-0.1, -0.05) is 12.1 Å². The van der Waals surface area contributed by atoms with Crippen LogP contribution >= 0.6 is 23.5 Å². The van der Waals surface area contributed by atoms with Crippen LogP contribution in [0.25, 0.3) is 0 Å². The SMILES string of the molecule is O=C(O)CCSCc1cccc(NC(=O)C2CCSCC2)c1. The van der Waals surface area contributed by atoms with Gasteiger partial charge in [-0.2, -0.15) is 23.5 Å². The molecule has 2 N–H and O–H groups in total. The number of benzene rings is 1. The van der Waals surface area contributed by atoms with Crippen molar-refractivity contribution in [1.29, 1.82) is 0 Å². The van der Waals surface area contributed by atoms with E-state index < -0.39 is 5.97 Å². The quantitative estimate of drug-likeness (QED) is 0.745. The summed E-state index contributed by atoms with van der Waals surface area (Å²) in [7, 11) is 0. The van der Waals surface area contributed by atoms with Gasteiger partial charge in [0, 0.05) is 23.1 Å². The minimum atomic E-state index is -0.765. The van der Waals surface area contributed by atoms with E-state index in [1.807, 2.05) is 36.0 Å². The second kappa shape index (κ2) is 9.10. The van der Waals surface area contributed by atoms with Crippen molar-refractivity contribution in [2.45, 2.75) is 25.0 Å². The molecule has 0 radical (unpaired) electrons. The van der Waals surface area contributed by atoms with E-state index in [2.05, 4.69) is 5.32 Å². The van der Waals surface area contributed by atoms with Gasteiger partial charge in [0.25, 0.3) is 0 Å². The second-order valence-electron chi connectivity index (χ2n) is 5.27. The summed E-state index contributed by atoms with van der Waals surface area (Å²) in [4.78, 5) is 22.7. The van der Waals surface area contributed by atoms with E-state index in [-0.39, 0.29) is 18.2 Å². The summed E-state index contributed by atoms with van der Waals surface area (Å²) in [5.74, 6) is 2.99. The van der Waals surface area contributed by atoms with E-state index in [1.54, 1.807) is 11.8 Å².